The van der Waals surface area contributed by atoms with E-state index < -0.39 is 20.1 Å². The van der Waals surface area contributed by atoms with Crippen molar-refractivity contribution in [2.24, 2.45) is 0 Å². The Hall–Kier alpha value is -3.04. The van der Waals surface area contributed by atoms with Gasteiger partial charge in [-0.1, -0.05) is 17.7 Å². The van der Waals surface area contributed by atoms with E-state index in [-0.39, 0.29) is 15.5 Å². The molecule has 0 unspecified atom stereocenters. The molecular weight excluding hydrogens is 438 g/mol. The van der Waals surface area contributed by atoms with Crippen LogP contribution in [0.2, 0.25) is 0 Å². The van der Waals surface area contributed by atoms with E-state index >= 15 is 0 Å². The first-order valence-corrected chi connectivity index (χ1v) is 12.2. The Kier molecular flexibility index (Phi) is 6.28. The molecule has 0 spiro atoms. The van der Waals surface area contributed by atoms with Gasteiger partial charge in [-0.3, -0.25) is 4.72 Å². The minimum absolute atomic E-state index is 0.0395. The SMILES string of the molecule is COc1ccc(S(=O)(=O)Nc2c(C)cc(OS(=O)(=O)c3ccc(C)cc3)cc2C)cc1. The molecule has 0 saturated heterocycles. The van der Waals surface area contributed by atoms with Gasteiger partial charge in [0.2, 0.25) is 0 Å². The van der Waals surface area contributed by atoms with Crippen molar-refractivity contribution in [3.8, 4) is 11.5 Å². The third-order valence-electron chi connectivity index (χ3n) is 4.63. The van der Waals surface area contributed by atoms with Crippen molar-refractivity contribution in [2.75, 3.05) is 11.8 Å². The fraction of sp³-hybridized carbons (Fsp3) is 0.182. The molecule has 1 N–H and O–H groups in total. The maximum absolute atomic E-state index is 12.8. The molecule has 0 atom stereocenters. The number of nitrogens with one attached hydrogen (secondary N) is 1. The van der Waals surface area contributed by atoms with Crippen LogP contribution in [0.3, 0.4) is 0 Å². The lowest BCUT2D eigenvalue weighted by Gasteiger charge is -2.16. The molecule has 0 aliphatic rings. The third kappa shape index (κ3) is 5.18. The second kappa shape index (κ2) is 8.60. The van der Waals surface area contributed by atoms with Gasteiger partial charge in [0.25, 0.3) is 10.0 Å². The zero-order chi connectivity index (χ0) is 22.8. The maximum Gasteiger partial charge on any atom is 0.339 e. The number of sulfonamides is 1. The maximum atomic E-state index is 12.8. The molecule has 0 aliphatic carbocycles. The van der Waals surface area contributed by atoms with Crippen molar-refractivity contribution >= 4 is 25.8 Å². The van der Waals surface area contributed by atoms with Crippen LogP contribution < -0.4 is 13.6 Å². The molecule has 0 fully saturated rings. The fourth-order valence-corrected chi connectivity index (χ4v) is 5.08. The lowest BCUT2D eigenvalue weighted by atomic mass is 10.1. The van der Waals surface area contributed by atoms with Gasteiger partial charge in [-0.15, -0.1) is 0 Å². The van der Waals surface area contributed by atoms with Crippen molar-refractivity contribution in [2.45, 2.75) is 30.6 Å². The van der Waals surface area contributed by atoms with Crippen LogP contribution in [0.25, 0.3) is 0 Å². The quantitative estimate of drug-likeness (QED) is 0.530. The highest BCUT2D eigenvalue weighted by Gasteiger charge is 2.20. The summed E-state index contributed by atoms with van der Waals surface area (Å²) in [4.78, 5) is 0.118. The summed E-state index contributed by atoms with van der Waals surface area (Å²) in [7, 11) is -6.36. The Balaban J connectivity index is 1.87. The molecule has 3 aromatic carbocycles. The van der Waals surface area contributed by atoms with Crippen molar-refractivity contribution in [3.05, 3.63) is 77.4 Å². The van der Waals surface area contributed by atoms with Crippen LogP contribution in [-0.4, -0.2) is 23.9 Å². The Morgan fingerprint density at radius 3 is 1.74 bits per heavy atom. The smallest absolute Gasteiger partial charge is 0.339 e. The van der Waals surface area contributed by atoms with Gasteiger partial charge in [0.15, 0.2) is 0 Å². The standard InChI is InChI=1S/C22H23NO6S2/c1-15-5-9-21(10-6-15)31(26,27)29-19-13-16(2)22(17(3)14-19)23-30(24,25)20-11-7-18(28-4)8-12-20/h5-14,23H,1-4H3. The van der Waals surface area contributed by atoms with Gasteiger partial charge >= 0.3 is 10.1 Å². The molecule has 3 rings (SSSR count). The summed E-state index contributed by atoms with van der Waals surface area (Å²) in [5.41, 5.74) is 2.33. The van der Waals surface area contributed by atoms with E-state index in [1.54, 1.807) is 38.1 Å². The summed E-state index contributed by atoms with van der Waals surface area (Å²) >= 11 is 0. The van der Waals surface area contributed by atoms with Gasteiger partial charge in [-0.25, -0.2) is 8.42 Å². The zero-order valence-corrected chi connectivity index (χ0v) is 19.2. The lowest BCUT2D eigenvalue weighted by molar-refractivity contribution is 0.414. The fourth-order valence-electron chi connectivity index (χ4n) is 2.96. The molecule has 0 saturated carbocycles. The van der Waals surface area contributed by atoms with Crippen LogP contribution >= 0.6 is 0 Å². The summed E-state index contributed by atoms with van der Waals surface area (Å²) in [6.45, 7) is 5.20. The second-order valence-electron chi connectivity index (χ2n) is 7.06. The van der Waals surface area contributed by atoms with E-state index in [2.05, 4.69) is 4.72 Å². The second-order valence-corrected chi connectivity index (χ2v) is 10.3. The van der Waals surface area contributed by atoms with Crippen LogP contribution in [0, 0.1) is 20.8 Å². The number of hydrogen-bond donors (Lipinski definition) is 1. The predicted octanol–water partition coefficient (Wildman–Crippen LogP) is 4.19. The molecule has 0 aliphatic heterocycles. The van der Waals surface area contributed by atoms with Crippen LogP contribution in [0.1, 0.15) is 16.7 Å². The van der Waals surface area contributed by atoms with Crippen molar-refractivity contribution in [1.29, 1.82) is 0 Å². The zero-order valence-electron chi connectivity index (χ0n) is 17.5. The van der Waals surface area contributed by atoms with E-state index in [0.717, 1.165) is 5.56 Å². The number of aryl methyl sites for hydroxylation is 3. The molecule has 31 heavy (non-hydrogen) atoms. The summed E-state index contributed by atoms with van der Waals surface area (Å²) in [6.07, 6.45) is 0. The normalized spacial score (nSPS) is 11.7. The highest BCUT2D eigenvalue weighted by molar-refractivity contribution is 7.92. The van der Waals surface area contributed by atoms with Gasteiger partial charge in [0.05, 0.1) is 17.7 Å². The molecule has 0 bridgehead atoms. The molecular formula is C22H23NO6S2. The first kappa shape index (κ1) is 22.6. The molecule has 7 nitrogen and oxygen atoms in total. The summed E-state index contributed by atoms with van der Waals surface area (Å²) in [6, 6.07) is 15.3. The molecule has 0 radical (unpaired) electrons. The number of benzene rings is 3. The Morgan fingerprint density at radius 2 is 1.23 bits per heavy atom. The van der Waals surface area contributed by atoms with E-state index in [0.29, 0.717) is 22.6 Å². The van der Waals surface area contributed by atoms with Gasteiger partial charge in [0, 0.05) is 0 Å². The lowest BCUT2D eigenvalue weighted by Crippen LogP contribution is -2.15. The molecule has 0 amide bonds. The first-order valence-electron chi connectivity index (χ1n) is 9.31. The van der Waals surface area contributed by atoms with Gasteiger partial charge in [-0.2, -0.15) is 8.42 Å². The summed E-state index contributed by atoms with van der Waals surface area (Å²) in [5, 5.41) is 0. The number of hydrogen-bond acceptors (Lipinski definition) is 6. The van der Waals surface area contributed by atoms with Crippen LogP contribution in [0.15, 0.2) is 70.5 Å². The third-order valence-corrected chi connectivity index (χ3v) is 7.25. The average Bonchev–Trinajstić information content (AvgIpc) is 2.71. The summed E-state index contributed by atoms with van der Waals surface area (Å²) in [5.74, 6) is 0.644. The van der Waals surface area contributed by atoms with Crippen molar-refractivity contribution in [1.82, 2.24) is 0 Å². The van der Waals surface area contributed by atoms with Gasteiger partial charge < -0.3 is 8.92 Å². The monoisotopic (exact) mass is 461 g/mol. The van der Waals surface area contributed by atoms with E-state index in [9.17, 15) is 16.8 Å². The Labute approximate surface area is 182 Å². The molecule has 9 heteroatoms. The molecule has 164 valence electrons. The predicted molar refractivity (Wildman–Crippen MR) is 119 cm³/mol. The Morgan fingerprint density at radius 1 is 0.710 bits per heavy atom. The van der Waals surface area contributed by atoms with E-state index in [1.807, 2.05) is 6.92 Å². The molecule has 0 aromatic heterocycles. The first-order chi connectivity index (χ1) is 14.5. The number of rotatable bonds is 7. The van der Waals surface area contributed by atoms with Gasteiger partial charge in [0.1, 0.15) is 16.4 Å². The molecule has 0 heterocycles. The number of methoxy groups -OCH3 is 1. The van der Waals surface area contributed by atoms with Gasteiger partial charge in [-0.05, 0) is 80.4 Å². The Bertz CT molecular complexity index is 1270. The summed E-state index contributed by atoms with van der Waals surface area (Å²) < 4.78 is 63.5. The number of anilines is 1. The highest BCUT2D eigenvalue weighted by atomic mass is 32.2. The average molecular weight is 462 g/mol. The highest BCUT2D eigenvalue weighted by Crippen LogP contribution is 2.30. The van der Waals surface area contributed by atoms with Crippen molar-refractivity contribution < 1.29 is 25.8 Å². The van der Waals surface area contributed by atoms with Crippen molar-refractivity contribution in [3.63, 3.8) is 0 Å². The van der Waals surface area contributed by atoms with Crippen LogP contribution in [0.4, 0.5) is 5.69 Å². The molecule has 3 aromatic rings. The topological polar surface area (TPSA) is 98.8 Å². The number of ether oxygens (including phenoxy) is 1. The largest absolute Gasteiger partial charge is 0.497 e. The minimum Gasteiger partial charge on any atom is -0.497 e. The van der Waals surface area contributed by atoms with E-state index in [4.69, 9.17) is 8.92 Å². The minimum atomic E-state index is -4.01. The van der Waals surface area contributed by atoms with Crippen LogP contribution in [0.5, 0.6) is 11.5 Å². The van der Waals surface area contributed by atoms with E-state index in [1.165, 1.54) is 43.5 Å². The van der Waals surface area contributed by atoms with Crippen LogP contribution in [-0.2, 0) is 20.1 Å².